The first-order valence-corrected chi connectivity index (χ1v) is 9.59. The molecule has 0 bridgehead atoms. The quantitative estimate of drug-likeness (QED) is 0.924. The Morgan fingerprint density at radius 1 is 1.12 bits per heavy atom. The number of rotatable bonds is 4. The number of hydrogen-bond acceptors (Lipinski definition) is 4. The molecule has 1 amide bonds. The molecule has 0 spiro atoms. The topological polar surface area (TPSA) is 72.5 Å². The summed E-state index contributed by atoms with van der Waals surface area (Å²) in [5, 5.41) is 2.76. The Labute approximate surface area is 141 Å². The Morgan fingerprint density at radius 3 is 2.50 bits per heavy atom. The van der Waals surface area contributed by atoms with E-state index in [2.05, 4.69) is 5.32 Å². The van der Waals surface area contributed by atoms with Gasteiger partial charge in [0.2, 0.25) is 5.91 Å². The van der Waals surface area contributed by atoms with Gasteiger partial charge in [0, 0.05) is 5.69 Å². The third kappa shape index (κ3) is 4.14. The van der Waals surface area contributed by atoms with E-state index >= 15 is 0 Å². The molecule has 0 aliphatic carbocycles. The van der Waals surface area contributed by atoms with Gasteiger partial charge in [-0.1, -0.05) is 12.1 Å². The average Bonchev–Trinajstić information content (AvgIpc) is 2.90. The Hall–Kier alpha value is -2.34. The maximum Gasteiger partial charge on any atom is 0.228 e. The number of sulfone groups is 1. The summed E-state index contributed by atoms with van der Waals surface area (Å²) < 4.78 is 28.6. The van der Waals surface area contributed by atoms with Crippen LogP contribution in [0.3, 0.4) is 0 Å². The maximum atomic E-state index is 12.1. The number of carbonyl (C=O) groups is 1. The third-order valence-electron chi connectivity index (χ3n) is 3.95. The van der Waals surface area contributed by atoms with Gasteiger partial charge in [0.25, 0.3) is 0 Å². The number of anilines is 1. The molecule has 0 unspecified atom stereocenters. The largest absolute Gasteiger partial charge is 0.457 e. The smallest absolute Gasteiger partial charge is 0.228 e. The Kier molecular flexibility index (Phi) is 4.57. The van der Waals surface area contributed by atoms with Gasteiger partial charge in [-0.05, 0) is 55.3 Å². The van der Waals surface area contributed by atoms with Crippen LogP contribution >= 0.6 is 0 Å². The van der Waals surface area contributed by atoms with Crippen LogP contribution in [-0.2, 0) is 14.6 Å². The van der Waals surface area contributed by atoms with Crippen LogP contribution in [0.2, 0.25) is 0 Å². The molecule has 0 aromatic heterocycles. The van der Waals surface area contributed by atoms with Crippen LogP contribution in [0.5, 0.6) is 11.5 Å². The molecule has 1 aliphatic heterocycles. The van der Waals surface area contributed by atoms with Crippen molar-refractivity contribution in [2.45, 2.75) is 13.3 Å². The number of carbonyl (C=O) groups excluding carboxylic acids is 1. The predicted molar refractivity (Wildman–Crippen MR) is 93.1 cm³/mol. The van der Waals surface area contributed by atoms with Crippen molar-refractivity contribution in [3.05, 3.63) is 54.1 Å². The molecule has 0 saturated carbocycles. The standard InChI is InChI=1S/C18H19NO4S/c1-13-3-2-4-17(11-13)23-16-7-5-15(6-8-16)19-18(20)14-9-10-24(21,22)12-14/h2-8,11,14H,9-10,12H2,1H3,(H,19,20)/t14-/m0/s1. The number of amides is 1. The SMILES string of the molecule is Cc1cccc(Oc2ccc(NC(=O)[C@H]3CCS(=O)(=O)C3)cc2)c1. The summed E-state index contributed by atoms with van der Waals surface area (Å²) in [7, 11) is -3.06. The molecule has 6 heteroatoms. The summed E-state index contributed by atoms with van der Waals surface area (Å²) in [4.78, 5) is 12.1. The molecule has 2 aromatic carbocycles. The van der Waals surface area contributed by atoms with Crippen LogP contribution in [0.4, 0.5) is 5.69 Å². The van der Waals surface area contributed by atoms with Crippen molar-refractivity contribution in [3.8, 4) is 11.5 Å². The van der Waals surface area contributed by atoms with E-state index in [4.69, 9.17) is 4.74 Å². The van der Waals surface area contributed by atoms with Crippen LogP contribution in [0.1, 0.15) is 12.0 Å². The molecule has 2 aromatic rings. The molecule has 24 heavy (non-hydrogen) atoms. The Morgan fingerprint density at radius 2 is 1.88 bits per heavy atom. The second-order valence-electron chi connectivity index (χ2n) is 6.03. The molecule has 1 aliphatic rings. The van der Waals surface area contributed by atoms with Crippen molar-refractivity contribution < 1.29 is 17.9 Å². The minimum absolute atomic E-state index is 0.0621. The van der Waals surface area contributed by atoms with E-state index in [0.29, 0.717) is 17.9 Å². The lowest BCUT2D eigenvalue weighted by atomic mass is 10.1. The predicted octanol–water partition coefficient (Wildman–Crippen LogP) is 3.16. The average molecular weight is 345 g/mol. The summed E-state index contributed by atoms with van der Waals surface area (Å²) in [6.45, 7) is 1.99. The molecule has 1 fully saturated rings. The molecule has 126 valence electrons. The first-order chi connectivity index (χ1) is 11.4. The van der Waals surface area contributed by atoms with E-state index < -0.39 is 15.8 Å². The number of hydrogen-bond donors (Lipinski definition) is 1. The van der Waals surface area contributed by atoms with Crippen LogP contribution in [0.15, 0.2) is 48.5 Å². The number of nitrogens with one attached hydrogen (secondary N) is 1. The molecule has 1 N–H and O–H groups in total. The van der Waals surface area contributed by atoms with Gasteiger partial charge in [0.1, 0.15) is 11.5 Å². The first kappa shape index (κ1) is 16.5. The lowest BCUT2D eigenvalue weighted by molar-refractivity contribution is -0.119. The Bertz CT molecular complexity index is 844. The van der Waals surface area contributed by atoms with Crippen molar-refractivity contribution in [1.82, 2.24) is 0 Å². The zero-order chi connectivity index (χ0) is 17.2. The summed E-state index contributed by atoms with van der Waals surface area (Å²) in [6, 6.07) is 14.8. The van der Waals surface area contributed by atoms with Gasteiger partial charge in [-0.3, -0.25) is 4.79 Å². The van der Waals surface area contributed by atoms with Crippen molar-refractivity contribution in [2.75, 3.05) is 16.8 Å². The fraction of sp³-hybridized carbons (Fsp3) is 0.278. The maximum absolute atomic E-state index is 12.1. The number of benzene rings is 2. The minimum Gasteiger partial charge on any atom is -0.457 e. The van der Waals surface area contributed by atoms with Gasteiger partial charge in [-0.15, -0.1) is 0 Å². The molecule has 5 nitrogen and oxygen atoms in total. The lowest BCUT2D eigenvalue weighted by Crippen LogP contribution is -2.23. The highest BCUT2D eigenvalue weighted by molar-refractivity contribution is 7.91. The van der Waals surface area contributed by atoms with Crippen LogP contribution < -0.4 is 10.1 Å². The van der Waals surface area contributed by atoms with Crippen molar-refractivity contribution >= 4 is 21.4 Å². The zero-order valence-corrected chi connectivity index (χ0v) is 14.2. The summed E-state index contributed by atoms with van der Waals surface area (Å²) in [6.07, 6.45) is 0.392. The molecule has 1 heterocycles. The molecular formula is C18H19NO4S. The van der Waals surface area contributed by atoms with Gasteiger partial charge in [-0.2, -0.15) is 0 Å². The van der Waals surface area contributed by atoms with E-state index in [1.54, 1.807) is 24.3 Å². The van der Waals surface area contributed by atoms with Crippen LogP contribution in [-0.4, -0.2) is 25.8 Å². The highest BCUT2D eigenvalue weighted by Gasteiger charge is 2.32. The third-order valence-corrected chi connectivity index (χ3v) is 5.72. The fourth-order valence-corrected chi connectivity index (χ4v) is 4.41. The molecule has 3 rings (SSSR count). The van der Waals surface area contributed by atoms with Gasteiger partial charge in [0.05, 0.1) is 17.4 Å². The number of ether oxygens (including phenoxy) is 1. The Balaban J connectivity index is 1.61. The monoisotopic (exact) mass is 345 g/mol. The van der Waals surface area contributed by atoms with Gasteiger partial charge in [0.15, 0.2) is 9.84 Å². The van der Waals surface area contributed by atoms with E-state index in [-0.39, 0.29) is 17.4 Å². The molecular weight excluding hydrogens is 326 g/mol. The van der Waals surface area contributed by atoms with Crippen LogP contribution in [0, 0.1) is 12.8 Å². The summed E-state index contributed by atoms with van der Waals surface area (Å²) >= 11 is 0. The normalized spacial score (nSPS) is 19.0. The lowest BCUT2D eigenvalue weighted by Gasteiger charge is -2.11. The van der Waals surface area contributed by atoms with Crippen molar-refractivity contribution in [3.63, 3.8) is 0 Å². The van der Waals surface area contributed by atoms with E-state index in [1.165, 1.54) is 0 Å². The van der Waals surface area contributed by atoms with E-state index in [1.807, 2.05) is 31.2 Å². The van der Waals surface area contributed by atoms with Crippen molar-refractivity contribution in [2.24, 2.45) is 5.92 Å². The highest BCUT2D eigenvalue weighted by atomic mass is 32.2. The molecule has 0 radical (unpaired) electrons. The molecule has 1 atom stereocenters. The van der Waals surface area contributed by atoms with Gasteiger partial charge >= 0.3 is 0 Å². The zero-order valence-electron chi connectivity index (χ0n) is 13.4. The minimum atomic E-state index is -3.06. The summed E-state index contributed by atoms with van der Waals surface area (Å²) in [5.41, 5.74) is 1.74. The highest BCUT2D eigenvalue weighted by Crippen LogP contribution is 2.25. The number of aryl methyl sites for hydroxylation is 1. The van der Waals surface area contributed by atoms with E-state index in [0.717, 1.165) is 11.3 Å². The second kappa shape index (κ2) is 6.65. The van der Waals surface area contributed by atoms with Crippen molar-refractivity contribution in [1.29, 1.82) is 0 Å². The molecule has 1 saturated heterocycles. The van der Waals surface area contributed by atoms with Gasteiger partial charge in [-0.25, -0.2) is 8.42 Å². The van der Waals surface area contributed by atoms with E-state index in [9.17, 15) is 13.2 Å². The first-order valence-electron chi connectivity index (χ1n) is 7.77. The second-order valence-corrected chi connectivity index (χ2v) is 8.26. The van der Waals surface area contributed by atoms with Crippen LogP contribution in [0.25, 0.3) is 0 Å². The van der Waals surface area contributed by atoms with Gasteiger partial charge < -0.3 is 10.1 Å². The summed E-state index contributed by atoms with van der Waals surface area (Å²) in [5.74, 6) is 0.744. The fourth-order valence-electron chi connectivity index (χ4n) is 2.67.